The number of benzene rings is 2. The fraction of sp³-hybridized carbons (Fsp3) is 0.105. The molecule has 0 bridgehead atoms. The number of hydrogen-bond acceptors (Lipinski definition) is 2. The van der Waals surface area contributed by atoms with Gasteiger partial charge in [-0.15, -0.1) is 0 Å². The minimum Gasteiger partial charge on any atom is -0.423 e. The number of rotatable bonds is 3. The van der Waals surface area contributed by atoms with Gasteiger partial charge in [0, 0.05) is 5.57 Å². The topological polar surface area (TPSA) is 26.3 Å². The molecule has 2 aromatic rings. The summed E-state index contributed by atoms with van der Waals surface area (Å²) in [5, 5.41) is 0. The second-order valence-electron chi connectivity index (χ2n) is 4.60. The largest absolute Gasteiger partial charge is 0.423 e. The van der Waals surface area contributed by atoms with Crippen LogP contribution in [-0.2, 0) is 4.79 Å². The van der Waals surface area contributed by atoms with Crippen molar-refractivity contribution in [3.63, 3.8) is 0 Å². The molecule has 0 unspecified atom stereocenters. The lowest BCUT2D eigenvalue weighted by Crippen LogP contribution is -2.07. The molecular weight excluding hydrogens is 260 g/mol. The Morgan fingerprint density at radius 2 is 1.62 bits per heavy atom. The van der Waals surface area contributed by atoms with E-state index >= 15 is 0 Å². The van der Waals surface area contributed by atoms with E-state index in [9.17, 15) is 4.79 Å². The Morgan fingerprint density at radius 1 is 1.05 bits per heavy atom. The summed E-state index contributed by atoms with van der Waals surface area (Å²) in [4.78, 5) is 11.1. The van der Waals surface area contributed by atoms with Gasteiger partial charge in [0.25, 0.3) is 0 Å². The van der Waals surface area contributed by atoms with Gasteiger partial charge < -0.3 is 4.74 Å². The Labute approximate surface area is 126 Å². The number of carbonyl (C=O) groups excluding carboxylic acids is 1. The molecule has 0 saturated carbocycles. The highest BCUT2D eigenvalue weighted by Crippen LogP contribution is 2.12. The smallest absolute Gasteiger partial charge is 0.338 e. The predicted octanol–water partition coefficient (Wildman–Crippen LogP) is 4.81. The number of aryl methyl sites for hydroxylation is 1. The molecule has 0 N–H and O–H groups in total. The van der Waals surface area contributed by atoms with Crippen LogP contribution in [0.15, 0.2) is 73.3 Å². The molecule has 108 valence electrons. The van der Waals surface area contributed by atoms with E-state index in [4.69, 9.17) is 4.74 Å². The van der Waals surface area contributed by atoms with Gasteiger partial charge in [0.05, 0.1) is 0 Å². The van der Waals surface area contributed by atoms with Crippen LogP contribution in [-0.4, -0.2) is 5.97 Å². The van der Waals surface area contributed by atoms with E-state index in [-0.39, 0.29) is 5.97 Å². The summed E-state index contributed by atoms with van der Waals surface area (Å²) < 4.78 is 4.99. The van der Waals surface area contributed by atoms with E-state index in [1.165, 1.54) is 5.56 Å². The third kappa shape index (κ3) is 6.39. The monoisotopic (exact) mass is 280 g/mol. The minimum atomic E-state index is -0.385. The van der Waals surface area contributed by atoms with E-state index in [1.807, 2.05) is 55.5 Å². The van der Waals surface area contributed by atoms with Crippen molar-refractivity contribution in [2.24, 2.45) is 0 Å². The fourth-order valence-electron chi connectivity index (χ4n) is 1.39. The molecular formula is C19H20O2. The molecule has 0 fully saturated rings. The lowest BCUT2D eigenvalue weighted by molar-refractivity contribution is -0.130. The highest BCUT2D eigenvalue weighted by Gasteiger charge is 2.03. The normalized spacial score (nSPS) is 9.05. The zero-order valence-corrected chi connectivity index (χ0v) is 12.5. The summed E-state index contributed by atoms with van der Waals surface area (Å²) in [6, 6.07) is 17.3. The van der Waals surface area contributed by atoms with Crippen molar-refractivity contribution >= 4 is 12.0 Å². The van der Waals surface area contributed by atoms with E-state index in [2.05, 4.69) is 13.2 Å². The summed E-state index contributed by atoms with van der Waals surface area (Å²) in [5.41, 5.74) is 2.71. The van der Waals surface area contributed by atoms with Crippen molar-refractivity contribution in [2.75, 3.05) is 0 Å². The summed E-state index contributed by atoms with van der Waals surface area (Å²) in [5.74, 6) is 0.169. The van der Waals surface area contributed by atoms with Crippen molar-refractivity contribution in [1.82, 2.24) is 0 Å². The number of ether oxygens (including phenoxy) is 1. The Morgan fingerprint density at radius 3 is 2.05 bits per heavy atom. The third-order valence-corrected chi connectivity index (χ3v) is 2.62. The van der Waals surface area contributed by atoms with Gasteiger partial charge in [-0.1, -0.05) is 67.3 Å². The summed E-state index contributed by atoms with van der Waals surface area (Å²) in [6.07, 6.45) is 1.83. The van der Waals surface area contributed by atoms with Crippen molar-refractivity contribution in [1.29, 1.82) is 0 Å². The van der Waals surface area contributed by atoms with E-state index in [0.717, 1.165) is 5.56 Å². The van der Waals surface area contributed by atoms with Crippen LogP contribution in [0.1, 0.15) is 18.1 Å². The van der Waals surface area contributed by atoms with Gasteiger partial charge in [-0.3, -0.25) is 0 Å². The number of hydrogen-bond donors (Lipinski definition) is 0. The summed E-state index contributed by atoms with van der Waals surface area (Å²) >= 11 is 0. The van der Waals surface area contributed by atoms with Crippen molar-refractivity contribution in [3.8, 4) is 5.75 Å². The van der Waals surface area contributed by atoms with Gasteiger partial charge >= 0.3 is 5.97 Å². The maximum absolute atomic E-state index is 11.1. The maximum atomic E-state index is 11.1. The molecule has 0 atom stereocenters. The van der Waals surface area contributed by atoms with Gasteiger partial charge in [0.15, 0.2) is 0 Å². The second-order valence-corrected chi connectivity index (χ2v) is 4.60. The van der Waals surface area contributed by atoms with Crippen LogP contribution in [0.3, 0.4) is 0 Å². The first-order valence-electron chi connectivity index (χ1n) is 6.64. The third-order valence-electron chi connectivity index (χ3n) is 2.62. The zero-order valence-electron chi connectivity index (χ0n) is 12.5. The standard InChI is InChI=1S/C11H12O2.C8H8/c1-8(2)11(12)13-10-6-4-9(3)5-7-10;1-2-8-6-4-3-5-7-8/h4-7H,1H2,2-3H3;2-7H,1H2. The molecule has 0 heterocycles. The van der Waals surface area contributed by atoms with Crippen LogP contribution < -0.4 is 4.74 Å². The molecule has 2 aromatic carbocycles. The van der Waals surface area contributed by atoms with Crippen LogP contribution in [0, 0.1) is 6.92 Å². The molecule has 0 aromatic heterocycles. The van der Waals surface area contributed by atoms with Crippen LogP contribution in [0.5, 0.6) is 5.75 Å². The molecule has 0 aliphatic rings. The van der Waals surface area contributed by atoms with Gasteiger partial charge in [-0.25, -0.2) is 4.79 Å². The lowest BCUT2D eigenvalue weighted by Gasteiger charge is -2.02. The Balaban J connectivity index is 0.000000235. The first kappa shape index (κ1) is 16.4. The van der Waals surface area contributed by atoms with E-state index in [0.29, 0.717) is 11.3 Å². The first-order chi connectivity index (χ1) is 10.0. The van der Waals surface area contributed by atoms with Crippen LogP contribution in [0.25, 0.3) is 6.08 Å². The molecule has 21 heavy (non-hydrogen) atoms. The highest BCUT2D eigenvalue weighted by molar-refractivity contribution is 5.88. The highest BCUT2D eigenvalue weighted by atomic mass is 16.5. The molecule has 0 saturated heterocycles. The average molecular weight is 280 g/mol. The minimum absolute atomic E-state index is 0.385. The van der Waals surface area contributed by atoms with Crippen LogP contribution in [0.2, 0.25) is 0 Å². The summed E-state index contributed by atoms with van der Waals surface area (Å²) in [7, 11) is 0. The number of carbonyl (C=O) groups is 1. The first-order valence-corrected chi connectivity index (χ1v) is 6.64. The molecule has 2 nitrogen and oxygen atoms in total. The SMILES string of the molecule is C=C(C)C(=O)Oc1ccc(C)cc1.C=Cc1ccccc1. The molecule has 0 radical (unpaired) electrons. The number of esters is 1. The maximum Gasteiger partial charge on any atom is 0.338 e. The molecule has 0 aliphatic carbocycles. The Hall–Kier alpha value is -2.61. The fourth-order valence-corrected chi connectivity index (χ4v) is 1.39. The molecule has 0 amide bonds. The van der Waals surface area contributed by atoms with Gasteiger partial charge in [-0.2, -0.15) is 0 Å². The Kier molecular flexibility index (Phi) is 6.69. The van der Waals surface area contributed by atoms with E-state index in [1.54, 1.807) is 19.1 Å². The predicted molar refractivity (Wildman–Crippen MR) is 88.2 cm³/mol. The van der Waals surface area contributed by atoms with E-state index < -0.39 is 0 Å². The van der Waals surface area contributed by atoms with Gasteiger partial charge in [-0.05, 0) is 31.5 Å². The molecule has 2 heteroatoms. The lowest BCUT2D eigenvalue weighted by atomic mass is 10.2. The zero-order chi connectivity index (χ0) is 15.7. The quantitative estimate of drug-likeness (QED) is 0.458. The Bertz CT molecular complexity index is 595. The van der Waals surface area contributed by atoms with Crippen molar-refractivity contribution in [3.05, 3.63) is 84.5 Å². The van der Waals surface area contributed by atoms with Crippen LogP contribution in [0.4, 0.5) is 0 Å². The van der Waals surface area contributed by atoms with Gasteiger partial charge in [0.1, 0.15) is 5.75 Å². The molecule has 0 spiro atoms. The van der Waals surface area contributed by atoms with Crippen molar-refractivity contribution < 1.29 is 9.53 Å². The van der Waals surface area contributed by atoms with Crippen molar-refractivity contribution in [2.45, 2.75) is 13.8 Å². The molecule has 2 rings (SSSR count). The van der Waals surface area contributed by atoms with Gasteiger partial charge in [0.2, 0.25) is 0 Å². The second kappa shape index (κ2) is 8.54. The van der Waals surface area contributed by atoms with Crippen LogP contribution >= 0.6 is 0 Å². The molecule has 0 aliphatic heterocycles. The summed E-state index contributed by atoms with van der Waals surface area (Å²) in [6.45, 7) is 10.7. The average Bonchev–Trinajstić information content (AvgIpc) is 2.51.